The van der Waals surface area contributed by atoms with Gasteiger partial charge in [0.05, 0.1) is 19.0 Å². The van der Waals surface area contributed by atoms with Crippen molar-refractivity contribution in [3.8, 4) is 5.75 Å². The zero-order chi connectivity index (χ0) is 14.9. The molecule has 0 spiro atoms. The van der Waals surface area contributed by atoms with Crippen LogP contribution in [-0.4, -0.2) is 22.7 Å². The zero-order valence-electron chi connectivity index (χ0n) is 13.3. The van der Waals surface area contributed by atoms with Crippen molar-refractivity contribution in [3.63, 3.8) is 0 Å². The van der Waals surface area contributed by atoms with Crippen LogP contribution in [0, 0.1) is 11.8 Å². The van der Waals surface area contributed by atoms with E-state index < -0.39 is 0 Å². The number of ether oxygens (including phenoxy) is 1. The van der Waals surface area contributed by atoms with Gasteiger partial charge in [-0.25, -0.2) is 0 Å². The Hall–Kier alpha value is -1.32. The number of Topliss-reactive ketones (excluding diaryl/α,β-unsaturated/α-hetero) is 1. The van der Waals surface area contributed by atoms with Gasteiger partial charge in [0.2, 0.25) is 0 Å². The summed E-state index contributed by atoms with van der Waals surface area (Å²) in [5.41, 5.74) is 0.810. The quantitative estimate of drug-likeness (QED) is 0.849. The maximum atomic E-state index is 12.5. The number of ketones is 1. The zero-order valence-corrected chi connectivity index (χ0v) is 13.3. The normalized spacial score (nSPS) is 23.9. The number of carbonyl (C=O) groups excluding carboxylic acids is 1. The average Bonchev–Trinajstić information content (AvgIpc) is 2.81. The number of aromatic nitrogens is 2. The van der Waals surface area contributed by atoms with Crippen LogP contribution < -0.4 is 4.74 Å². The molecule has 2 unspecified atom stereocenters. The fraction of sp³-hybridized carbons (Fsp3) is 0.750. The summed E-state index contributed by atoms with van der Waals surface area (Å²) in [6.45, 7) is 9.32. The summed E-state index contributed by atoms with van der Waals surface area (Å²) in [5.74, 6) is 1.77. The Kier molecular flexibility index (Phi) is 4.21. The number of methoxy groups -OCH3 is 1. The summed E-state index contributed by atoms with van der Waals surface area (Å²) in [6.07, 6.45) is 4.56. The minimum Gasteiger partial charge on any atom is -0.493 e. The Balaban J connectivity index is 2.39. The van der Waals surface area contributed by atoms with Crippen molar-refractivity contribution in [1.82, 2.24) is 9.78 Å². The fourth-order valence-electron chi connectivity index (χ4n) is 3.54. The van der Waals surface area contributed by atoms with Crippen LogP contribution in [0.5, 0.6) is 5.75 Å². The highest BCUT2D eigenvalue weighted by molar-refractivity contribution is 5.83. The smallest absolute Gasteiger partial charge is 0.160 e. The molecular formula is C16H26N2O2. The van der Waals surface area contributed by atoms with Crippen LogP contribution in [0.4, 0.5) is 0 Å². The molecule has 0 N–H and O–H groups in total. The summed E-state index contributed by atoms with van der Waals surface area (Å²) in [6, 6.07) is 0. The third-order valence-electron chi connectivity index (χ3n) is 4.69. The molecule has 1 fully saturated rings. The Morgan fingerprint density at radius 3 is 2.70 bits per heavy atom. The number of hydrogen-bond acceptors (Lipinski definition) is 3. The molecule has 2 rings (SSSR count). The van der Waals surface area contributed by atoms with Crippen LogP contribution in [0.2, 0.25) is 0 Å². The lowest BCUT2D eigenvalue weighted by Gasteiger charge is -2.38. The van der Waals surface area contributed by atoms with E-state index in [1.165, 1.54) is 0 Å². The van der Waals surface area contributed by atoms with Gasteiger partial charge in [0.1, 0.15) is 5.78 Å². The van der Waals surface area contributed by atoms with Gasteiger partial charge in [0.15, 0.2) is 5.75 Å². The summed E-state index contributed by atoms with van der Waals surface area (Å²) in [4.78, 5) is 12.5. The Morgan fingerprint density at radius 2 is 2.15 bits per heavy atom. The highest BCUT2D eigenvalue weighted by Crippen LogP contribution is 2.43. The molecule has 0 aliphatic heterocycles. The maximum Gasteiger partial charge on any atom is 0.160 e. The molecule has 1 aromatic heterocycles. The second-order valence-electron chi connectivity index (χ2n) is 6.50. The monoisotopic (exact) mass is 278 g/mol. The predicted octanol–water partition coefficient (Wildman–Crippen LogP) is 3.19. The van der Waals surface area contributed by atoms with Crippen molar-refractivity contribution in [1.29, 1.82) is 0 Å². The number of hydrogen-bond donors (Lipinski definition) is 0. The summed E-state index contributed by atoms with van der Waals surface area (Å²) in [7, 11) is 1.67. The van der Waals surface area contributed by atoms with Gasteiger partial charge in [-0.05, 0) is 25.7 Å². The lowest BCUT2D eigenvalue weighted by Crippen LogP contribution is -2.40. The van der Waals surface area contributed by atoms with Crippen molar-refractivity contribution >= 4 is 5.78 Å². The van der Waals surface area contributed by atoms with Crippen LogP contribution >= 0.6 is 0 Å². The minimum absolute atomic E-state index is 0.0644. The molecule has 0 bridgehead atoms. The highest BCUT2D eigenvalue weighted by atomic mass is 16.5. The van der Waals surface area contributed by atoms with E-state index in [1.807, 2.05) is 4.68 Å². The number of nitrogens with zero attached hydrogens (tertiary/aromatic N) is 2. The van der Waals surface area contributed by atoms with E-state index in [0.29, 0.717) is 18.1 Å². The summed E-state index contributed by atoms with van der Waals surface area (Å²) < 4.78 is 7.43. The van der Waals surface area contributed by atoms with E-state index >= 15 is 0 Å². The number of rotatable bonds is 4. The fourth-order valence-corrected chi connectivity index (χ4v) is 3.54. The molecule has 2 atom stereocenters. The van der Waals surface area contributed by atoms with Gasteiger partial charge in [0, 0.05) is 24.3 Å². The van der Waals surface area contributed by atoms with Crippen molar-refractivity contribution in [2.45, 2.75) is 58.9 Å². The van der Waals surface area contributed by atoms with Crippen LogP contribution in [0.15, 0.2) is 6.20 Å². The van der Waals surface area contributed by atoms with Crippen LogP contribution in [0.3, 0.4) is 0 Å². The molecule has 1 aromatic rings. The molecule has 1 aliphatic carbocycles. The Morgan fingerprint density at radius 1 is 1.45 bits per heavy atom. The highest BCUT2D eigenvalue weighted by Gasteiger charge is 2.42. The van der Waals surface area contributed by atoms with Crippen LogP contribution in [0.25, 0.3) is 0 Å². The Bertz CT molecular complexity index is 469. The lowest BCUT2D eigenvalue weighted by atomic mass is 9.66. The maximum absolute atomic E-state index is 12.5. The average molecular weight is 278 g/mol. The van der Waals surface area contributed by atoms with E-state index in [1.54, 1.807) is 13.3 Å². The van der Waals surface area contributed by atoms with Crippen LogP contribution in [-0.2, 0) is 16.8 Å². The molecule has 4 nitrogen and oxygen atoms in total. The van der Waals surface area contributed by atoms with Gasteiger partial charge in [-0.2, -0.15) is 5.10 Å². The van der Waals surface area contributed by atoms with Gasteiger partial charge in [-0.15, -0.1) is 0 Å². The molecule has 1 saturated carbocycles. The first-order chi connectivity index (χ1) is 9.41. The van der Waals surface area contributed by atoms with Gasteiger partial charge in [-0.3, -0.25) is 9.48 Å². The third kappa shape index (κ3) is 2.48. The van der Waals surface area contributed by atoms with Crippen molar-refractivity contribution in [3.05, 3.63) is 11.9 Å². The first kappa shape index (κ1) is 15.1. The minimum atomic E-state index is -0.241. The third-order valence-corrected chi connectivity index (χ3v) is 4.69. The molecule has 20 heavy (non-hydrogen) atoms. The largest absolute Gasteiger partial charge is 0.493 e. The van der Waals surface area contributed by atoms with Crippen molar-refractivity contribution in [2.75, 3.05) is 7.11 Å². The van der Waals surface area contributed by atoms with Gasteiger partial charge >= 0.3 is 0 Å². The number of carbonyl (C=O) groups is 1. The summed E-state index contributed by atoms with van der Waals surface area (Å²) in [5, 5.41) is 4.39. The second-order valence-corrected chi connectivity index (χ2v) is 6.50. The molecule has 0 saturated heterocycles. The molecule has 1 aliphatic rings. The van der Waals surface area contributed by atoms with Gasteiger partial charge < -0.3 is 4.74 Å². The number of aryl methyl sites for hydroxylation is 1. The van der Waals surface area contributed by atoms with Crippen molar-refractivity contribution < 1.29 is 9.53 Å². The molecule has 0 amide bonds. The first-order valence-corrected chi connectivity index (χ1v) is 7.54. The SMILES string of the molecule is CCn1ncc(OC)c1C(C)(C)C1CCC(C)CC1=O. The molecule has 0 radical (unpaired) electrons. The first-order valence-electron chi connectivity index (χ1n) is 7.54. The molecule has 112 valence electrons. The Labute approximate surface area is 121 Å². The molecule has 0 aromatic carbocycles. The molecule has 4 heteroatoms. The van der Waals surface area contributed by atoms with E-state index in [9.17, 15) is 4.79 Å². The van der Waals surface area contributed by atoms with Crippen molar-refractivity contribution in [2.24, 2.45) is 11.8 Å². The lowest BCUT2D eigenvalue weighted by molar-refractivity contribution is -0.128. The molecular weight excluding hydrogens is 252 g/mol. The predicted molar refractivity (Wildman–Crippen MR) is 79.0 cm³/mol. The van der Waals surface area contributed by atoms with Gasteiger partial charge in [-0.1, -0.05) is 20.8 Å². The topological polar surface area (TPSA) is 44.1 Å². The summed E-state index contributed by atoms with van der Waals surface area (Å²) >= 11 is 0. The van der Waals surface area contributed by atoms with Gasteiger partial charge in [0.25, 0.3) is 0 Å². The van der Waals surface area contributed by atoms with Crippen LogP contribution in [0.1, 0.15) is 52.7 Å². The van der Waals surface area contributed by atoms with E-state index in [0.717, 1.165) is 30.8 Å². The second kappa shape index (κ2) is 5.58. The standard InChI is InChI=1S/C16H26N2O2/c1-6-18-15(14(20-5)10-17-18)16(3,4)12-8-7-11(2)9-13(12)19/h10-12H,6-9H2,1-5H3. The van der Waals surface area contributed by atoms with E-state index in [-0.39, 0.29) is 11.3 Å². The molecule has 1 heterocycles. The van der Waals surface area contributed by atoms with E-state index in [2.05, 4.69) is 32.8 Å². The van der Waals surface area contributed by atoms with E-state index in [4.69, 9.17) is 4.74 Å².